The average molecular weight is 440 g/mol. The second kappa shape index (κ2) is 8.66. The summed E-state index contributed by atoms with van der Waals surface area (Å²) < 4.78 is 2.18. The van der Waals surface area contributed by atoms with Crippen LogP contribution in [-0.4, -0.2) is 45.6 Å². The zero-order valence-electron chi connectivity index (χ0n) is 15.3. The fraction of sp³-hybridized carbons (Fsp3) is 0.158. The Morgan fingerprint density at radius 3 is 2.68 bits per heavy atom. The highest BCUT2D eigenvalue weighted by Crippen LogP contribution is 2.18. The maximum atomic E-state index is 11.9. The third-order valence-electron chi connectivity index (χ3n) is 3.94. The van der Waals surface area contributed by atoms with E-state index in [2.05, 4.69) is 41.3 Å². The minimum Gasteiger partial charge on any atom is -0.354 e. The van der Waals surface area contributed by atoms with E-state index in [1.165, 1.54) is 11.7 Å². The molecule has 142 valence electrons. The van der Waals surface area contributed by atoms with Crippen LogP contribution < -0.4 is 10.8 Å². The van der Waals surface area contributed by atoms with E-state index in [4.69, 9.17) is 5.41 Å². The lowest BCUT2D eigenvalue weighted by molar-refractivity contribution is 0.0956. The molecule has 9 heteroatoms. The highest BCUT2D eigenvalue weighted by atomic mass is 79.9. The van der Waals surface area contributed by atoms with Crippen LogP contribution in [0.1, 0.15) is 16.1 Å². The van der Waals surface area contributed by atoms with E-state index in [-0.39, 0.29) is 17.4 Å². The van der Waals surface area contributed by atoms with Crippen molar-refractivity contribution in [1.82, 2.24) is 25.1 Å². The molecule has 0 fully saturated rings. The number of nitrogens with one attached hydrogen (secondary N) is 2. The van der Waals surface area contributed by atoms with Crippen LogP contribution in [0.15, 0.2) is 58.3 Å². The van der Waals surface area contributed by atoms with E-state index in [1.807, 2.05) is 24.3 Å². The number of nitrogens with zero attached hydrogens (tertiary/aromatic N) is 5. The highest BCUT2D eigenvalue weighted by Gasteiger charge is 2.11. The molecule has 0 aliphatic rings. The van der Waals surface area contributed by atoms with Gasteiger partial charge in [-0.15, -0.1) is 0 Å². The van der Waals surface area contributed by atoms with Gasteiger partial charge < -0.3 is 5.32 Å². The summed E-state index contributed by atoms with van der Waals surface area (Å²) in [4.78, 5) is 24.6. The van der Waals surface area contributed by atoms with Crippen molar-refractivity contribution < 1.29 is 4.79 Å². The van der Waals surface area contributed by atoms with Crippen LogP contribution in [0.3, 0.4) is 0 Å². The molecule has 2 N–H and O–H groups in total. The molecule has 2 aromatic heterocycles. The lowest BCUT2D eigenvalue weighted by atomic mass is 10.1. The van der Waals surface area contributed by atoms with Crippen molar-refractivity contribution in [3.63, 3.8) is 0 Å². The van der Waals surface area contributed by atoms with Gasteiger partial charge in [0.15, 0.2) is 11.3 Å². The predicted molar refractivity (Wildman–Crippen MR) is 109 cm³/mol. The molecule has 8 nitrogen and oxygen atoms in total. The summed E-state index contributed by atoms with van der Waals surface area (Å²) in [7, 11) is 3.15. The van der Waals surface area contributed by atoms with Gasteiger partial charge in [0.25, 0.3) is 5.91 Å². The smallest absolute Gasteiger partial charge is 0.271 e. The first kappa shape index (κ1) is 19.6. The maximum absolute atomic E-state index is 11.9. The summed E-state index contributed by atoms with van der Waals surface area (Å²) in [6, 6.07) is 10.9. The van der Waals surface area contributed by atoms with Crippen molar-refractivity contribution in [2.75, 3.05) is 14.1 Å². The first-order valence-electron chi connectivity index (χ1n) is 8.41. The van der Waals surface area contributed by atoms with Crippen molar-refractivity contribution >= 4 is 27.7 Å². The van der Waals surface area contributed by atoms with Crippen LogP contribution >= 0.6 is 15.9 Å². The number of carbonyl (C=O) groups is 1. The van der Waals surface area contributed by atoms with Crippen molar-refractivity contribution in [2.24, 2.45) is 4.99 Å². The largest absolute Gasteiger partial charge is 0.354 e. The highest BCUT2D eigenvalue weighted by molar-refractivity contribution is 9.10. The number of benzene rings is 1. The van der Waals surface area contributed by atoms with Gasteiger partial charge in [-0.1, -0.05) is 18.2 Å². The van der Waals surface area contributed by atoms with E-state index in [0.29, 0.717) is 17.7 Å². The molecule has 3 rings (SSSR count). The summed E-state index contributed by atoms with van der Waals surface area (Å²) in [5.74, 6) is 0.479. The summed E-state index contributed by atoms with van der Waals surface area (Å²) in [6.07, 6.45) is 3.69. The Hall–Kier alpha value is -3.20. The molecule has 0 atom stereocenters. The van der Waals surface area contributed by atoms with Gasteiger partial charge in [0.1, 0.15) is 11.5 Å². The Morgan fingerprint density at radius 1 is 1.25 bits per heavy atom. The summed E-state index contributed by atoms with van der Waals surface area (Å²) in [5.41, 5.74) is 2.47. The number of hydrogen-bond acceptors (Lipinski definition) is 6. The third kappa shape index (κ3) is 4.37. The van der Waals surface area contributed by atoms with E-state index < -0.39 is 0 Å². The van der Waals surface area contributed by atoms with Crippen LogP contribution in [0.4, 0.5) is 0 Å². The zero-order chi connectivity index (χ0) is 20.1. The number of rotatable bonds is 4. The first-order valence-corrected chi connectivity index (χ1v) is 9.21. The molecule has 3 aromatic rings. The maximum Gasteiger partial charge on any atom is 0.271 e. The van der Waals surface area contributed by atoms with Crippen molar-refractivity contribution in [3.05, 3.63) is 70.0 Å². The van der Waals surface area contributed by atoms with E-state index in [9.17, 15) is 4.79 Å². The third-order valence-corrected chi connectivity index (χ3v) is 4.35. The van der Waals surface area contributed by atoms with Crippen molar-refractivity contribution in [3.8, 4) is 11.4 Å². The van der Waals surface area contributed by atoms with Crippen molar-refractivity contribution in [2.45, 2.75) is 6.42 Å². The molecule has 0 aliphatic heterocycles. The predicted octanol–water partition coefficient (Wildman–Crippen LogP) is 2.06. The Labute approximate surface area is 170 Å². The SMILES string of the molecule is CN=c1ccc(C(=O)NC)nn1C(=N)Cc1cccc(-c2ncc(Br)cn2)c1. The van der Waals surface area contributed by atoms with E-state index >= 15 is 0 Å². The number of carbonyl (C=O) groups excluding carboxylic acids is 1. The number of hydrogen-bond donors (Lipinski definition) is 2. The summed E-state index contributed by atoms with van der Waals surface area (Å²) in [5, 5.41) is 15.3. The van der Waals surface area contributed by atoms with Gasteiger partial charge in [-0.2, -0.15) is 5.10 Å². The quantitative estimate of drug-likeness (QED) is 0.478. The van der Waals surface area contributed by atoms with Gasteiger partial charge >= 0.3 is 0 Å². The minimum atomic E-state index is -0.321. The van der Waals surface area contributed by atoms with Gasteiger partial charge in [-0.05, 0) is 39.7 Å². The Morgan fingerprint density at radius 2 is 2.00 bits per heavy atom. The summed E-state index contributed by atoms with van der Waals surface area (Å²) >= 11 is 3.33. The normalized spacial score (nSPS) is 11.3. The van der Waals surface area contributed by atoms with Gasteiger partial charge in [0, 0.05) is 38.5 Å². The molecule has 28 heavy (non-hydrogen) atoms. The monoisotopic (exact) mass is 439 g/mol. The lowest BCUT2D eigenvalue weighted by Gasteiger charge is -2.10. The topological polar surface area (TPSA) is 109 Å². The Bertz CT molecular complexity index is 1090. The molecule has 0 spiro atoms. The second-order valence-electron chi connectivity index (χ2n) is 5.84. The summed E-state index contributed by atoms with van der Waals surface area (Å²) in [6.45, 7) is 0. The second-order valence-corrected chi connectivity index (χ2v) is 6.76. The van der Waals surface area contributed by atoms with Gasteiger partial charge in [-0.3, -0.25) is 15.2 Å². The lowest BCUT2D eigenvalue weighted by Crippen LogP contribution is -2.33. The van der Waals surface area contributed by atoms with E-state index in [0.717, 1.165) is 15.6 Å². The minimum absolute atomic E-state index is 0.195. The molecule has 0 saturated heterocycles. The molecule has 1 amide bonds. The fourth-order valence-electron chi connectivity index (χ4n) is 2.58. The Kier molecular flexibility index (Phi) is 6.05. The van der Waals surface area contributed by atoms with Gasteiger partial charge in [-0.25, -0.2) is 14.6 Å². The molecule has 0 saturated carbocycles. The molecule has 0 unspecified atom stereocenters. The average Bonchev–Trinajstić information content (AvgIpc) is 2.73. The molecule has 0 aliphatic carbocycles. The van der Waals surface area contributed by atoms with Gasteiger partial charge in [0.05, 0.1) is 4.47 Å². The molecular weight excluding hydrogens is 422 g/mol. The molecule has 2 heterocycles. The Balaban J connectivity index is 1.90. The molecule has 1 aromatic carbocycles. The molecular formula is C19H18BrN7O. The number of aromatic nitrogens is 4. The number of amides is 1. The molecule has 0 radical (unpaired) electrons. The zero-order valence-corrected chi connectivity index (χ0v) is 16.9. The van der Waals surface area contributed by atoms with Crippen LogP contribution in [0.2, 0.25) is 0 Å². The standard InChI is InChI=1S/C19H18BrN7O/c1-22-17-7-6-15(19(28)23-2)26-27(17)16(21)9-12-4-3-5-13(8-12)18-24-10-14(20)11-25-18/h3-8,10-11,21H,9H2,1-2H3,(H,23,28). The van der Waals surface area contributed by atoms with Crippen LogP contribution in [0.5, 0.6) is 0 Å². The fourth-order valence-corrected chi connectivity index (χ4v) is 2.79. The first-order chi connectivity index (χ1) is 13.5. The van der Waals surface area contributed by atoms with Crippen LogP contribution in [-0.2, 0) is 6.42 Å². The van der Waals surface area contributed by atoms with Crippen LogP contribution in [0.25, 0.3) is 11.4 Å². The van der Waals surface area contributed by atoms with Crippen LogP contribution in [0, 0.1) is 5.41 Å². The van der Waals surface area contributed by atoms with Gasteiger partial charge in [0.2, 0.25) is 0 Å². The van der Waals surface area contributed by atoms with E-state index in [1.54, 1.807) is 31.6 Å². The van der Waals surface area contributed by atoms with Crippen molar-refractivity contribution in [1.29, 1.82) is 5.41 Å². The molecule has 0 bridgehead atoms. The number of halogens is 1.